The van der Waals surface area contributed by atoms with Gasteiger partial charge in [-0.3, -0.25) is 9.59 Å². The molecule has 1 amide bonds. The van der Waals surface area contributed by atoms with Crippen LogP contribution in [0, 0.1) is 0 Å². The van der Waals surface area contributed by atoms with Gasteiger partial charge in [0.2, 0.25) is 6.23 Å². The smallest absolute Gasteiger partial charge is 0.316 e. The maximum atomic E-state index is 12.7. The number of ether oxygens (including phenoxy) is 2. The monoisotopic (exact) mass is 725 g/mol. The Morgan fingerprint density at radius 1 is 1.06 bits per heavy atom. The summed E-state index contributed by atoms with van der Waals surface area (Å²) in [5.41, 5.74) is 3.43. The molecule has 11 heteroatoms. The first-order valence-corrected chi connectivity index (χ1v) is 16.4. The van der Waals surface area contributed by atoms with Crippen LogP contribution in [-0.2, 0) is 19.1 Å². The first kappa shape index (κ1) is 35.2. The van der Waals surface area contributed by atoms with Crippen LogP contribution in [0.2, 0.25) is 5.02 Å². The number of aliphatic hydroxyl groups is 2. The number of morpholine rings is 1. The Labute approximate surface area is 290 Å². The zero-order valence-electron chi connectivity index (χ0n) is 26.5. The highest BCUT2D eigenvalue weighted by Gasteiger charge is 2.71. The zero-order valence-corrected chi connectivity index (χ0v) is 28.8. The molecule has 47 heavy (non-hydrogen) atoms. The minimum absolute atomic E-state index is 0. The van der Waals surface area contributed by atoms with Crippen LogP contribution < -0.4 is 22.3 Å². The van der Waals surface area contributed by atoms with E-state index in [0.29, 0.717) is 46.3 Å². The molecular formula is C36H41BrClN3O6. The quantitative estimate of drug-likeness (QED) is 0.185. The maximum absolute atomic E-state index is 12.7. The van der Waals surface area contributed by atoms with Crippen LogP contribution in [0.25, 0.3) is 0 Å². The lowest BCUT2D eigenvalue weighted by Crippen LogP contribution is -3.00. The molecule has 3 N–H and O–H groups in total. The number of hydrogen-bond acceptors (Lipinski definition) is 7. The summed E-state index contributed by atoms with van der Waals surface area (Å²) >= 11 is 6.03. The van der Waals surface area contributed by atoms with Crippen LogP contribution in [0.4, 0.5) is 5.69 Å². The number of benzene rings is 3. The molecule has 6 atom stereocenters. The van der Waals surface area contributed by atoms with E-state index in [1.807, 2.05) is 60.7 Å². The topological polar surface area (TPSA) is 121 Å². The van der Waals surface area contributed by atoms with Crippen molar-refractivity contribution in [1.82, 2.24) is 0 Å². The number of hydrogen-bond donors (Lipinski definition) is 3. The molecule has 3 aromatic rings. The molecule has 4 heterocycles. The van der Waals surface area contributed by atoms with Crippen molar-refractivity contribution in [2.24, 2.45) is 4.99 Å². The Morgan fingerprint density at radius 3 is 2.32 bits per heavy atom. The van der Waals surface area contributed by atoms with Crippen molar-refractivity contribution in [3.63, 3.8) is 0 Å². The summed E-state index contributed by atoms with van der Waals surface area (Å²) in [7, 11) is 2.36. The Hall–Kier alpha value is -3.12. The fraction of sp³-hybridized carbons (Fsp3) is 0.417. The number of halogens is 2. The van der Waals surface area contributed by atoms with Gasteiger partial charge in [-0.05, 0) is 30.2 Å². The second-order valence-electron chi connectivity index (χ2n) is 12.7. The summed E-state index contributed by atoms with van der Waals surface area (Å²) in [4.78, 5) is 28.5. The van der Waals surface area contributed by atoms with E-state index >= 15 is 0 Å². The van der Waals surface area contributed by atoms with E-state index in [1.54, 1.807) is 18.2 Å². The van der Waals surface area contributed by atoms with Crippen molar-refractivity contribution >= 4 is 34.9 Å². The lowest BCUT2D eigenvalue weighted by atomic mass is 9.94. The summed E-state index contributed by atoms with van der Waals surface area (Å²) in [5.74, 6) is -1.45. The number of carbonyl (C=O) groups excluding carboxylic acids is 2. The molecule has 0 aromatic heterocycles. The second-order valence-corrected chi connectivity index (χ2v) is 13.1. The average molecular weight is 727 g/mol. The van der Waals surface area contributed by atoms with Crippen LogP contribution in [0.3, 0.4) is 0 Å². The molecule has 7 rings (SSSR count). The number of amides is 1. The number of unbranched alkanes of at least 4 members (excludes halogenated alkanes) is 1. The van der Waals surface area contributed by atoms with E-state index < -0.39 is 18.1 Å². The van der Waals surface area contributed by atoms with Gasteiger partial charge in [-0.15, -0.1) is 0 Å². The van der Waals surface area contributed by atoms with Crippen molar-refractivity contribution in [3.05, 3.63) is 101 Å². The Morgan fingerprint density at radius 2 is 1.70 bits per heavy atom. The van der Waals surface area contributed by atoms with Crippen molar-refractivity contribution in [2.75, 3.05) is 25.5 Å². The molecule has 9 nitrogen and oxygen atoms in total. The number of rotatable bonds is 8. The van der Waals surface area contributed by atoms with Crippen LogP contribution in [-0.4, -0.2) is 89.1 Å². The van der Waals surface area contributed by atoms with E-state index in [1.165, 1.54) is 19.4 Å². The number of aliphatic imine (C=N–C) groups is 1. The molecule has 4 aliphatic heterocycles. The molecule has 3 fully saturated rings. The van der Waals surface area contributed by atoms with Crippen molar-refractivity contribution in [2.45, 2.75) is 75.1 Å². The SMILES string of the molecule is CCCC[N+]1(C)C2CC(OC(=O)C(CO)c3ccccc3)CC1C1OC12.O=C1Nc2ccc(Cl)cc2C(c2ccccc2)=NC1O.[Br-]. The van der Waals surface area contributed by atoms with Crippen molar-refractivity contribution in [3.8, 4) is 0 Å². The molecule has 0 aliphatic carbocycles. The summed E-state index contributed by atoms with van der Waals surface area (Å²) in [5, 5.41) is 22.7. The Bertz CT molecular complexity index is 1570. The number of aliphatic hydroxyl groups excluding tert-OH is 2. The number of likely N-dealkylation sites (N-methyl/N-ethyl adjacent to an activating group) is 1. The molecular weight excluding hydrogens is 686 g/mol. The van der Waals surface area contributed by atoms with Gasteiger partial charge < -0.3 is 46.5 Å². The van der Waals surface area contributed by atoms with Gasteiger partial charge in [0.25, 0.3) is 5.91 Å². The van der Waals surface area contributed by atoms with Gasteiger partial charge >= 0.3 is 5.97 Å². The largest absolute Gasteiger partial charge is 1.00 e. The molecule has 2 bridgehead atoms. The highest BCUT2D eigenvalue weighted by Crippen LogP contribution is 2.53. The molecule has 4 aliphatic rings. The number of quaternary nitrogens is 1. The normalized spacial score (nSPS) is 28.9. The number of nitrogens with zero attached hydrogens (tertiary/aromatic N) is 2. The number of carbonyl (C=O) groups is 2. The molecule has 3 aromatic carbocycles. The fourth-order valence-corrected chi connectivity index (χ4v) is 7.50. The van der Waals surface area contributed by atoms with Crippen LogP contribution in [0.1, 0.15) is 55.2 Å². The summed E-state index contributed by atoms with van der Waals surface area (Å²) in [6, 6.07) is 24.8. The van der Waals surface area contributed by atoms with Gasteiger partial charge in [0.05, 0.1) is 31.6 Å². The number of benzodiazepines with no additional fused rings is 1. The number of nitrogens with one attached hydrogen (secondary N) is 1. The van der Waals surface area contributed by atoms with E-state index in [9.17, 15) is 19.8 Å². The third-order valence-electron chi connectivity index (χ3n) is 9.82. The first-order valence-electron chi connectivity index (χ1n) is 16.0. The minimum Gasteiger partial charge on any atom is -1.00 e. The third-order valence-corrected chi connectivity index (χ3v) is 10.1. The van der Waals surface area contributed by atoms with E-state index in [4.69, 9.17) is 21.1 Å². The molecule has 0 spiro atoms. The van der Waals surface area contributed by atoms with E-state index in [2.05, 4.69) is 24.3 Å². The summed E-state index contributed by atoms with van der Waals surface area (Å²) < 4.78 is 12.9. The second kappa shape index (κ2) is 15.0. The lowest BCUT2D eigenvalue weighted by molar-refractivity contribution is -0.956. The van der Waals surface area contributed by atoms with E-state index in [-0.39, 0.29) is 35.7 Å². The standard InChI is InChI=1S/C21H30NO4.C15H11ClN2O2.BrH/c1-3-4-10-22(2)17-11-15(12-18(22)20-19(17)26-20)25-21(24)16(13-23)14-8-6-5-7-9-14;16-10-6-7-12-11(8-10)13(9-4-2-1-3-5-9)18-15(20)14(19)17-12;/h5-9,15-20,23H,3-4,10-13H2,1-2H3;1-8,15,20H,(H,17,19);1H/q+1;;/p-1. The highest BCUT2D eigenvalue weighted by molar-refractivity contribution is 6.32. The van der Waals surface area contributed by atoms with Gasteiger partial charge in [0.15, 0.2) is 0 Å². The van der Waals surface area contributed by atoms with Crippen LogP contribution >= 0.6 is 11.6 Å². The van der Waals surface area contributed by atoms with Crippen molar-refractivity contribution < 1.29 is 50.7 Å². The first-order chi connectivity index (χ1) is 22.2. The van der Waals surface area contributed by atoms with Crippen LogP contribution in [0.5, 0.6) is 0 Å². The van der Waals surface area contributed by atoms with E-state index in [0.717, 1.165) is 28.5 Å². The van der Waals surface area contributed by atoms with Gasteiger partial charge in [-0.25, -0.2) is 4.99 Å². The molecule has 6 unspecified atom stereocenters. The Balaban J connectivity index is 0.000000187. The molecule has 0 saturated carbocycles. The number of piperidine rings is 1. The van der Waals surface area contributed by atoms with Gasteiger partial charge in [-0.2, -0.15) is 0 Å². The predicted molar refractivity (Wildman–Crippen MR) is 176 cm³/mol. The lowest BCUT2D eigenvalue weighted by Gasteiger charge is -2.48. The molecule has 3 saturated heterocycles. The number of anilines is 1. The van der Waals surface area contributed by atoms with Crippen molar-refractivity contribution in [1.29, 1.82) is 0 Å². The Kier molecular flexibility index (Phi) is 11.2. The average Bonchev–Trinajstić information content (AvgIpc) is 3.85. The molecule has 0 radical (unpaired) electrons. The molecule has 250 valence electrons. The maximum Gasteiger partial charge on any atom is 0.316 e. The zero-order chi connectivity index (χ0) is 32.4. The van der Waals surface area contributed by atoms with Gasteiger partial charge in [-0.1, -0.05) is 85.6 Å². The van der Waals surface area contributed by atoms with Crippen LogP contribution in [0.15, 0.2) is 83.9 Å². The fourth-order valence-electron chi connectivity index (χ4n) is 7.33. The van der Waals surface area contributed by atoms with Gasteiger partial charge in [0.1, 0.15) is 36.3 Å². The summed E-state index contributed by atoms with van der Waals surface area (Å²) in [6.07, 6.45) is 3.40. The number of epoxide rings is 1. The number of fused-ring (bicyclic) bond motifs is 6. The minimum atomic E-state index is -1.43. The third kappa shape index (κ3) is 7.33. The summed E-state index contributed by atoms with van der Waals surface area (Å²) in [6.45, 7) is 3.20. The highest BCUT2D eigenvalue weighted by atomic mass is 79.9. The number of esters is 1. The van der Waals surface area contributed by atoms with Gasteiger partial charge in [0, 0.05) is 29.0 Å². The predicted octanol–water partition coefficient (Wildman–Crippen LogP) is 1.68.